The Morgan fingerprint density at radius 3 is 2.43 bits per heavy atom. The number of benzene rings is 3. The monoisotopic (exact) mass is 713 g/mol. The highest BCUT2D eigenvalue weighted by molar-refractivity contribution is 14.1. The van der Waals surface area contributed by atoms with E-state index in [1.54, 1.807) is 24.3 Å². The van der Waals surface area contributed by atoms with Gasteiger partial charge in [-0.05, 0) is 96.3 Å². The highest BCUT2D eigenvalue weighted by Crippen LogP contribution is 2.34. The van der Waals surface area contributed by atoms with E-state index in [9.17, 15) is 22.8 Å². The van der Waals surface area contributed by atoms with Crippen LogP contribution in [0.1, 0.15) is 51.3 Å². The normalized spacial score (nSPS) is 11.9. The fourth-order valence-electron chi connectivity index (χ4n) is 4.13. The summed E-state index contributed by atoms with van der Waals surface area (Å²) in [5.41, 5.74) is 3.24. The molecule has 0 aromatic heterocycles. The Hall–Kier alpha value is -3.00. The molecule has 0 unspecified atom stereocenters. The number of hydrazone groups is 1. The molecule has 0 aliphatic heterocycles. The number of hydrogen-bond donors (Lipinski definition) is 2. The molecule has 0 heterocycles. The second-order valence-electron chi connectivity index (χ2n) is 9.55. The Morgan fingerprint density at radius 1 is 1.00 bits per heavy atom. The van der Waals surface area contributed by atoms with Crippen LogP contribution in [0.3, 0.4) is 0 Å². The predicted molar refractivity (Wildman–Crippen MR) is 169 cm³/mol. The van der Waals surface area contributed by atoms with Gasteiger partial charge in [0.05, 0.1) is 28.1 Å². The molecule has 3 aromatic rings. The minimum Gasteiger partial charge on any atom is -0.321 e. The Morgan fingerprint density at radius 2 is 1.74 bits per heavy atom. The van der Waals surface area contributed by atoms with Crippen LogP contribution in [0, 0.1) is 3.57 Å². The van der Waals surface area contributed by atoms with Crippen LogP contribution in [-0.2, 0) is 12.7 Å². The van der Waals surface area contributed by atoms with E-state index in [2.05, 4.69) is 39.5 Å². The molecule has 224 valence electrons. The van der Waals surface area contributed by atoms with Crippen molar-refractivity contribution in [3.63, 3.8) is 0 Å². The van der Waals surface area contributed by atoms with Gasteiger partial charge in [0.15, 0.2) is 0 Å². The van der Waals surface area contributed by atoms with Crippen molar-refractivity contribution in [1.82, 2.24) is 15.2 Å². The molecule has 42 heavy (non-hydrogen) atoms. The van der Waals surface area contributed by atoms with E-state index < -0.39 is 22.7 Å². The van der Waals surface area contributed by atoms with Crippen LogP contribution in [0.4, 0.5) is 18.9 Å². The van der Waals surface area contributed by atoms with Crippen LogP contribution in [0.2, 0.25) is 5.02 Å². The molecule has 2 amide bonds. The topological polar surface area (TPSA) is 77.0 Å². The van der Waals surface area contributed by atoms with Crippen molar-refractivity contribution >= 4 is 57.9 Å². The summed E-state index contributed by atoms with van der Waals surface area (Å²) >= 11 is 7.69. The van der Waals surface area contributed by atoms with E-state index in [-0.39, 0.29) is 22.7 Å². The third kappa shape index (κ3) is 9.79. The van der Waals surface area contributed by atoms with Crippen LogP contribution in [0.5, 0.6) is 0 Å². The van der Waals surface area contributed by atoms with E-state index in [4.69, 9.17) is 11.6 Å². The fourth-order valence-corrected chi connectivity index (χ4v) is 4.84. The second kappa shape index (κ2) is 15.5. The third-order valence-corrected chi connectivity index (χ3v) is 7.48. The number of nitrogens with zero attached hydrogens (tertiary/aromatic N) is 3. The van der Waals surface area contributed by atoms with Gasteiger partial charge in [-0.25, -0.2) is 5.43 Å². The molecule has 0 fully saturated rings. The van der Waals surface area contributed by atoms with E-state index in [1.807, 2.05) is 47.8 Å². The zero-order chi connectivity index (χ0) is 30.9. The number of amides is 2. The standard InChI is InChI=1S/C30H32ClF3IN5O2/c1-4-40(5-2)14-13-39(3)19-21-7-6-8-22(15-21)28(41)37-27-12-10-23(35)17-24(27)29(42)38-36-18-20-9-11-26(31)25(16-20)30(32,33)34/h6-12,15-18H,4-5,13-14,19H2,1-3H3,(H,37,41)(H,38,42)/b36-18+. The Labute approximate surface area is 262 Å². The van der Waals surface area contributed by atoms with Crippen LogP contribution < -0.4 is 10.7 Å². The molecule has 0 saturated carbocycles. The summed E-state index contributed by atoms with van der Waals surface area (Å²) in [7, 11) is 2.04. The summed E-state index contributed by atoms with van der Waals surface area (Å²) in [6.07, 6.45) is -3.54. The SMILES string of the molecule is CCN(CC)CCN(C)Cc1cccc(C(=O)Nc2ccc(I)cc2C(=O)N/N=C/c2ccc(Cl)c(C(F)(F)F)c2)c1. The minimum atomic E-state index is -4.63. The average molecular weight is 714 g/mol. The molecule has 3 rings (SSSR count). The highest BCUT2D eigenvalue weighted by atomic mass is 127. The largest absolute Gasteiger partial charge is 0.417 e. The summed E-state index contributed by atoms with van der Waals surface area (Å²) in [5, 5.41) is 6.16. The maximum absolute atomic E-state index is 13.1. The van der Waals surface area contributed by atoms with E-state index in [1.165, 1.54) is 6.07 Å². The minimum absolute atomic E-state index is 0.0989. The van der Waals surface area contributed by atoms with Gasteiger partial charge in [0.1, 0.15) is 0 Å². The lowest BCUT2D eigenvalue weighted by molar-refractivity contribution is -0.137. The Kier molecular flexibility index (Phi) is 12.3. The maximum Gasteiger partial charge on any atom is 0.417 e. The summed E-state index contributed by atoms with van der Waals surface area (Å²) in [6.45, 7) is 8.79. The van der Waals surface area contributed by atoms with E-state index in [0.717, 1.165) is 53.7 Å². The van der Waals surface area contributed by atoms with Gasteiger partial charge >= 0.3 is 6.18 Å². The van der Waals surface area contributed by atoms with Crippen LogP contribution in [0.15, 0.2) is 65.8 Å². The molecule has 0 aliphatic carbocycles. The maximum atomic E-state index is 13.1. The summed E-state index contributed by atoms with van der Waals surface area (Å²) in [6, 6.07) is 15.5. The fraction of sp³-hybridized carbons (Fsp3) is 0.300. The molecular formula is C30H32ClF3IN5O2. The van der Waals surface area contributed by atoms with Gasteiger partial charge in [-0.1, -0.05) is 43.6 Å². The van der Waals surface area contributed by atoms with Crippen molar-refractivity contribution in [2.75, 3.05) is 38.5 Å². The predicted octanol–water partition coefficient (Wildman–Crippen LogP) is 6.75. The lowest BCUT2D eigenvalue weighted by atomic mass is 10.1. The highest BCUT2D eigenvalue weighted by Gasteiger charge is 2.33. The molecule has 0 aliphatic rings. The summed E-state index contributed by atoms with van der Waals surface area (Å²) < 4.78 is 40.1. The first-order valence-corrected chi connectivity index (χ1v) is 14.7. The van der Waals surface area contributed by atoms with Crippen molar-refractivity contribution in [3.05, 3.63) is 97.1 Å². The first kappa shape index (κ1) is 33.5. The molecule has 0 spiro atoms. The molecule has 0 radical (unpaired) electrons. The van der Waals surface area contributed by atoms with Crippen LogP contribution in [-0.4, -0.2) is 61.1 Å². The van der Waals surface area contributed by atoms with Gasteiger partial charge in [0.25, 0.3) is 11.8 Å². The zero-order valence-electron chi connectivity index (χ0n) is 23.4. The van der Waals surface area contributed by atoms with Gasteiger partial charge in [-0.15, -0.1) is 0 Å². The van der Waals surface area contributed by atoms with Gasteiger partial charge in [0, 0.05) is 28.8 Å². The molecule has 7 nitrogen and oxygen atoms in total. The number of rotatable bonds is 12. The number of alkyl halides is 3. The Balaban J connectivity index is 1.69. The molecule has 0 atom stereocenters. The molecule has 0 saturated heterocycles. The van der Waals surface area contributed by atoms with Crippen molar-refractivity contribution in [3.8, 4) is 0 Å². The van der Waals surface area contributed by atoms with Gasteiger partial charge in [-0.3, -0.25) is 9.59 Å². The number of likely N-dealkylation sites (N-methyl/N-ethyl adjacent to an activating group) is 2. The number of carbonyl (C=O) groups excluding carboxylic acids is 2. The smallest absolute Gasteiger partial charge is 0.321 e. The van der Waals surface area contributed by atoms with Crippen molar-refractivity contribution in [2.45, 2.75) is 26.6 Å². The molecule has 3 aromatic carbocycles. The molecular weight excluding hydrogens is 682 g/mol. The average Bonchev–Trinajstić information content (AvgIpc) is 2.94. The molecule has 12 heteroatoms. The quantitative estimate of drug-likeness (QED) is 0.124. The van der Waals surface area contributed by atoms with Crippen molar-refractivity contribution in [2.24, 2.45) is 5.10 Å². The lowest BCUT2D eigenvalue weighted by Crippen LogP contribution is -2.32. The van der Waals surface area contributed by atoms with Crippen molar-refractivity contribution in [1.29, 1.82) is 0 Å². The third-order valence-electron chi connectivity index (χ3n) is 6.48. The van der Waals surface area contributed by atoms with Gasteiger partial charge in [0.2, 0.25) is 0 Å². The first-order chi connectivity index (χ1) is 19.9. The lowest BCUT2D eigenvalue weighted by Gasteiger charge is -2.23. The second-order valence-corrected chi connectivity index (χ2v) is 11.2. The number of hydrogen-bond acceptors (Lipinski definition) is 5. The van der Waals surface area contributed by atoms with Gasteiger partial charge in [-0.2, -0.15) is 18.3 Å². The molecule has 0 bridgehead atoms. The van der Waals surface area contributed by atoms with E-state index >= 15 is 0 Å². The van der Waals surface area contributed by atoms with Crippen LogP contribution in [0.25, 0.3) is 0 Å². The summed E-state index contributed by atoms with van der Waals surface area (Å²) in [4.78, 5) is 30.6. The number of carbonyl (C=O) groups is 2. The van der Waals surface area contributed by atoms with Crippen molar-refractivity contribution < 1.29 is 22.8 Å². The Bertz CT molecular complexity index is 1430. The molecule has 2 N–H and O–H groups in total. The first-order valence-electron chi connectivity index (χ1n) is 13.2. The number of nitrogens with one attached hydrogen (secondary N) is 2. The van der Waals surface area contributed by atoms with Crippen LogP contribution >= 0.6 is 34.2 Å². The number of halogens is 5. The number of anilines is 1. The van der Waals surface area contributed by atoms with Gasteiger partial charge < -0.3 is 15.1 Å². The summed E-state index contributed by atoms with van der Waals surface area (Å²) in [5.74, 6) is -1.03. The van der Waals surface area contributed by atoms with E-state index in [0.29, 0.717) is 12.1 Å². The zero-order valence-corrected chi connectivity index (χ0v) is 26.3.